The van der Waals surface area contributed by atoms with Crippen molar-refractivity contribution in [1.29, 1.82) is 0 Å². The summed E-state index contributed by atoms with van der Waals surface area (Å²) in [4.78, 5) is 12.3. The summed E-state index contributed by atoms with van der Waals surface area (Å²) in [7, 11) is -3.85. The van der Waals surface area contributed by atoms with Gasteiger partial charge < -0.3 is 18.9 Å². The molecule has 7 heteroatoms. The van der Waals surface area contributed by atoms with Crippen LogP contribution in [0.4, 0.5) is 4.79 Å². The summed E-state index contributed by atoms with van der Waals surface area (Å²) >= 11 is 0. The van der Waals surface area contributed by atoms with E-state index in [9.17, 15) is 4.79 Å². The van der Waals surface area contributed by atoms with Crippen molar-refractivity contribution in [2.75, 3.05) is 13.2 Å². The quantitative estimate of drug-likeness (QED) is 0.298. The Labute approximate surface area is 213 Å². The lowest BCUT2D eigenvalue weighted by Gasteiger charge is -2.45. The van der Waals surface area contributed by atoms with Crippen LogP contribution in [0.25, 0.3) is 0 Å². The first kappa shape index (κ1) is 31.7. The van der Waals surface area contributed by atoms with Crippen LogP contribution in [0, 0.1) is 11.8 Å². The molecule has 202 valence electrons. The normalized spacial score (nSPS) is 22.7. The van der Waals surface area contributed by atoms with Crippen LogP contribution in [-0.2, 0) is 13.6 Å². The van der Waals surface area contributed by atoms with Crippen molar-refractivity contribution in [2.24, 2.45) is 11.8 Å². The standard InChI is InChI=1S/C27H57NO4Si2/c1-19(2)34(20(3)4,21(5)6)32-24-16-22(17-28-25(29)31-26(7,8)9)15-23(24)18-30-33(13,14)27(10,11)12/h19-24H,15-18H2,1-14H3,(H,28,29)/t22-,23-,24+/m1/s1. The molecule has 1 saturated carbocycles. The number of ether oxygens (including phenoxy) is 1. The Balaban J connectivity index is 3.06. The molecule has 5 nitrogen and oxygen atoms in total. The van der Waals surface area contributed by atoms with Gasteiger partial charge in [0.25, 0.3) is 0 Å². The lowest BCUT2D eigenvalue weighted by molar-refractivity contribution is 0.0518. The van der Waals surface area contributed by atoms with Crippen molar-refractivity contribution in [2.45, 2.75) is 142 Å². The molecule has 3 atom stereocenters. The zero-order valence-corrected chi connectivity index (χ0v) is 26.9. The Morgan fingerprint density at radius 2 is 1.41 bits per heavy atom. The number of carbonyl (C=O) groups is 1. The third kappa shape index (κ3) is 8.34. The zero-order valence-electron chi connectivity index (χ0n) is 24.9. The van der Waals surface area contributed by atoms with Crippen LogP contribution in [0.2, 0.25) is 34.8 Å². The maximum atomic E-state index is 12.3. The third-order valence-corrected chi connectivity index (χ3v) is 18.8. The van der Waals surface area contributed by atoms with Crippen molar-refractivity contribution in [3.8, 4) is 0 Å². The van der Waals surface area contributed by atoms with E-state index < -0.39 is 22.2 Å². The lowest BCUT2D eigenvalue weighted by Crippen LogP contribution is -2.51. The minimum Gasteiger partial charge on any atom is -0.444 e. The van der Waals surface area contributed by atoms with Crippen LogP contribution in [0.3, 0.4) is 0 Å². The van der Waals surface area contributed by atoms with Crippen LogP contribution in [0.15, 0.2) is 0 Å². The maximum Gasteiger partial charge on any atom is 0.407 e. The van der Waals surface area contributed by atoms with Crippen molar-refractivity contribution in [1.82, 2.24) is 5.32 Å². The molecule has 0 saturated heterocycles. The SMILES string of the molecule is CC(C)[Si](O[C@H]1C[C@H](CNC(=O)OC(C)(C)C)C[C@@H]1CO[Si](C)(C)C(C)(C)C)(C(C)C)C(C)C. The van der Waals surface area contributed by atoms with Gasteiger partial charge in [-0.1, -0.05) is 62.3 Å². The summed E-state index contributed by atoms with van der Waals surface area (Å²) in [6.45, 7) is 32.7. The Morgan fingerprint density at radius 1 is 0.912 bits per heavy atom. The van der Waals surface area contributed by atoms with E-state index in [0.717, 1.165) is 19.4 Å². The number of nitrogens with one attached hydrogen (secondary N) is 1. The third-order valence-electron chi connectivity index (χ3n) is 8.19. The Morgan fingerprint density at radius 3 is 1.82 bits per heavy atom. The van der Waals surface area contributed by atoms with E-state index in [-0.39, 0.29) is 17.2 Å². The second-order valence-corrected chi connectivity index (χ2v) is 24.2. The molecule has 1 amide bonds. The summed E-state index contributed by atoms with van der Waals surface area (Å²) < 4.78 is 19.5. The highest BCUT2D eigenvalue weighted by atomic mass is 28.4. The van der Waals surface area contributed by atoms with Crippen LogP contribution < -0.4 is 5.32 Å². The van der Waals surface area contributed by atoms with Gasteiger partial charge in [-0.05, 0) is 74.3 Å². The molecule has 0 bridgehead atoms. The molecule has 1 fully saturated rings. The number of amides is 1. The molecule has 34 heavy (non-hydrogen) atoms. The monoisotopic (exact) mass is 515 g/mol. The Hall–Kier alpha value is -0.376. The summed E-state index contributed by atoms with van der Waals surface area (Å²) in [6, 6.07) is 0. The van der Waals surface area contributed by atoms with E-state index in [2.05, 4.69) is 80.7 Å². The van der Waals surface area contributed by atoms with Crippen molar-refractivity contribution < 1.29 is 18.4 Å². The molecule has 1 rings (SSSR count). The van der Waals surface area contributed by atoms with Gasteiger partial charge >= 0.3 is 6.09 Å². The molecule has 1 aliphatic carbocycles. The molecule has 1 aliphatic rings. The van der Waals surface area contributed by atoms with Gasteiger partial charge in [-0.3, -0.25) is 0 Å². The first-order valence-corrected chi connectivity index (χ1v) is 18.6. The van der Waals surface area contributed by atoms with Crippen molar-refractivity contribution in [3.05, 3.63) is 0 Å². The highest BCUT2D eigenvalue weighted by Crippen LogP contribution is 2.47. The van der Waals surface area contributed by atoms with Gasteiger partial charge in [-0.2, -0.15) is 0 Å². The highest BCUT2D eigenvalue weighted by molar-refractivity contribution is 6.77. The molecule has 0 radical (unpaired) electrons. The van der Waals surface area contributed by atoms with Crippen LogP contribution in [0.5, 0.6) is 0 Å². The molecule has 0 aromatic heterocycles. The highest BCUT2D eigenvalue weighted by Gasteiger charge is 2.50. The number of carbonyl (C=O) groups excluding carboxylic acids is 1. The average molecular weight is 516 g/mol. The maximum absolute atomic E-state index is 12.3. The minimum atomic E-state index is -2.01. The van der Waals surface area contributed by atoms with E-state index in [1.54, 1.807) is 0 Å². The van der Waals surface area contributed by atoms with Crippen molar-refractivity contribution >= 4 is 22.7 Å². The minimum absolute atomic E-state index is 0.186. The molecule has 0 aromatic rings. The van der Waals surface area contributed by atoms with Crippen LogP contribution >= 0.6 is 0 Å². The number of rotatable bonds is 10. The topological polar surface area (TPSA) is 56.8 Å². The van der Waals surface area contributed by atoms with E-state index in [1.807, 2.05) is 20.8 Å². The van der Waals surface area contributed by atoms with Crippen LogP contribution in [0.1, 0.15) is 95.9 Å². The summed E-state index contributed by atoms with van der Waals surface area (Å²) in [5.74, 6) is 0.742. The molecule has 0 aromatic carbocycles. The average Bonchev–Trinajstić information content (AvgIpc) is 3.01. The second-order valence-electron chi connectivity index (χ2n) is 14.0. The molecular formula is C27H57NO4Si2. The van der Waals surface area contributed by atoms with Gasteiger partial charge in [0.1, 0.15) is 5.60 Å². The predicted octanol–water partition coefficient (Wildman–Crippen LogP) is 8.12. The summed E-state index contributed by atoms with van der Waals surface area (Å²) in [6.07, 6.45) is 1.85. The van der Waals surface area contributed by atoms with E-state index in [0.29, 0.717) is 35.0 Å². The van der Waals surface area contributed by atoms with Gasteiger partial charge in [0.05, 0.1) is 6.10 Å². The Bertz CT molecular complexity index is 628. The van der Waals surface area contributed by atoms with E-state index in [4.69, 9.17) is 13.6 Å². The molecule has 0 heterocycles. The molecule has 0 aliphatic heterocycles. The first-order chi connectivity index (χ1) is 15.2. The summed E-state index contributed by atoms with van der Waals surface area (Å²) in [5, 5.41) is 3.20. The van der Waals surface area contributed by atoms with Gasteiger partial charge in [0, 0.05) is 19.1 Å². The number of hydrogen-bond acceptors (Lipinski definition) is 4. The summed E-state index contributed by atoms with van der Waals surface area (Å²) in [5.41, 5.74) is 1.16. The van der Waals surface area contributed by atoms with Gasteiger partial charge in [-0.25, -0.2) is 4.79 Å². The van der Waals surface area contributed by atoms with Gasteiger partial charge in [-0.15, -0.1) is 0 Å². The van der Waals surface area contributed by atoms with Gasteiger partial charge in [0.2, 0.25) is 8.32 Å². The fourth-order valence-electron chi connectivity index (χ4n) is 5.43. The smallest absolute Gasteiger partial charge is 0.407 e. The first-order valence-electron chi connectivity index (χ1n) is 13.5. The Kier molecular flexibility index (Phi) is 11.0. The molecular weight excluding hydrogens is 458 g/mol. The predicted molar refractivity (Wildman–Crippen MR) is 150 cm³/mol. The number of alkyl carbamates (subject to hydrolysis) is 1. The fourth-order valence-corrected chi connectivity index (χ4v) is 12.1. The van der Waals surface area contributed by atoms with E-state index in [1.165, 1.54) is 0 Å². The fraction of sp³-hybridized carbons (Fsp3) is 0.963. The molecule has 0 spiro atoms. The van der Waals surface area contributed by atoms with Crippen molar-refractivity contribution in [3.63, 3.8) is 0 Å². The number of hydrogen-bond donors (Lipinski definition) is 1. The molecule has 1 N–H and O–H groups in total. The molecule has 0 unspecified atom stereocenters. The van der Waals surface area contributed by atoms with E-state index >= 15 is 0 Å². The second kappa shape index (κ2) is 11.8. The zero-order chi connectivity index (χ0) is 26.7. The van der Waals surface area contributed by atoms with Gasteiger partial charge in [0.15, 0.2) is 8.32 Å². The lowest BCUT2D eigenvalue weighted by atomic mass is 10.1. The largest absolute Gasteiger partial charge is 0.444 e. The van der Waals surface area contributed by atoms with Crippen LogP contribution in [-0.4, -0.2) is 47.6 Å².